The van der Waals surface area contributed by atoms with Crippen LogP contribution in [0.5, 0.6) is 5.88 Å². The molecular formula is C15H17N7O2. The first-order valence-electron chi connectivity index (χ1n) is 7.70. The number of fused-ring (bicyclic) bond motifs is 1. The number of ether oxygens (including phenoxy) is 1. The minimum atomic E-state index is -0.270. The molecule has 24 heavy (non-hydrogen) atoms. The molecule has 0 spiro atoms. The number of nitrogens with one attached hydrogen (secondary N) is 2. The summed E-state index contributed by atoms with van der Waals surface area (Å²) in [4.78, 5) is 30.3. The molecule has 9 heteroatoms. The number of anilines is 1. The Morgan fingerprint density at radius 1 is 1.17 bits per heavy atom. The molecule has 1 saturated heterocycles. The van der Waals surface area contributed by atoms with Crippen molar-refractivity contribution in [3.63, 3.8) is 0 Å². The number of hydrogen-bond acceptors (Lipinski definition) is 7. The first-order chi connectivity index (χ1) is 11.8. The van der Waals surface area contributed by atoms with Crippen LogP contribution in [0.4, 0.5) is 5.82 Å². The van der Waals surface area contributed by atoms with Gasteiger partial charge in [-0.05, 0) is 6.07 Å². The molecule has 0 unspecified atom stereocenters. The fourth-order valence-corrected chi connectivity index (χ4v) is 2.89. The van der Waals surface area contributed by atoms with Gasteiger partial charge in [0.25, 0.3) is 0 Å². The molecule has 0 amide bonds. The second kappa shape index (κ2) is 5.93. The third-order valence-electron chi connectivity index (χ3n) is 4.06. The van der Waals surface area contributed by atoms with Gasteiger partial charge in [-0.3, -0.25) is 0 Å². The minimum absolute atomic E-state index is 0.270. The van der Waals surface area contributed by atoms with Crippen molar-refractivity contribution in [1.29, 1.82) is 0 Å². The van der Waals surface area contributed by atoms with Crippen molar-refractivity contribution in [2.45, 2.75) is 0 Å². The number of aromatic amines is 1. The van der Waals surface area contributed by atoms with Gasteiger partial charge >= 0.3 is 5.69 Å². The molecule has 0 saturated carbocycles. The van der Waals surface area contributed by atoms with E-state index in [9.17, 15) is 4.79 Å². The molecule has 2 N–H and O–H groups in total. The van der Waals surface area contributed by atoms with Gasteiger partial charge in [-0.15, -0.1) is 0 Å². The third kappa shape index (κ3) is 2.38. The largest absolute Gasteiger partial charge is 0.481 e. The number of H-pyrrole nitrogens is 1. The summed E-state index contributed by atoms with van der Waals surface area (Å²) in [6, 6.07) is 3.48. The zero-order valence-corrected chi connectivity index (χ0v) is 13.2. The molecule has 1 aliphatic rings. The zero-order valence-electron chi connectivity index (χ0n) is 13.2. The lowest BCUT2D eigenvalue weighted by Crippen LogP contribution is -2.44. The van der Waals surface area contributed by atoms with Crippen LogP contribution in [0.2, 0.25) is 0 Å². The van der Waals surface area contributed by atoms with E-state index in [0.29, 0.717) is 22.7 Å². The number of methoxy groups -OCH3 is 1. The van der Waals surface area contributed by atoms with Crippen LogP contribution in [0.3, 0.4) is 0 Å². The normalized spacial score (nSPS) is 15.0. The van der Waals surface area contributed by atoms with E-state index >= 15 is 0 Å². The number of imidazole rings is 1. The maximum absolute atomic E-state index is 12.5. The first-order valence-corrected chi connectivity index (χ1v) is 7.70. The van der Waals surface area contributed by atoms with Gasteiger partial charge in [0.1, 0.15) is 11.8 Å². The maximum atomic E-state index is 12.5. The molecule has 9 nitrogen and oxygen atoms in total. The lowest BCUT2D eigenvalue weighted by molar-refractivity contribution is 0.398. The summed E-state index contributed by atoms with van der Waals surface area (Å²) in [6.45, 7) is 3.45. The topological polar surface area (TPSA) is 101 Å². The monoisotopic (exact) mass is 327 g/mol. The van der Waals surface area contributed by atoms with Gasteiger partial charge in [-0.1, -0.05) is 0 Å². The van der Waals surface area contributed by atoms with E-state index in [-0.39, 0.29) is 5.69 Å². The predicted molar refractivity (Wildman–Crippen MR) is 88.9 cm³/mol. The van der Waals surface area contributed by atoms with Gasteiger partial charge in [-0.2, -0.15) is 0 Å². The van der Waals surface area contributed by atoms with Crippen LogP contribution in [0.25, 0.3) is 16.9 Å². The highest BCUT2D eigenvalue weighted by Gasteiger charge is 2.19. The fraction of sp³-hybridized carbons (Fsp3) is 0.333. The molecule has 0 aromatic carbocycles. The van der Waals surface area contributed by atoms with Crippen LogP contribution in [0.15, 0.2) is 29.5 Å². The highest BCUT2D eigenvalue weighted by Crippen LogP contribution is 2.22. The zero-order chi connectivity index (χ0) is 16.5. The quantitative estimate of drug-likeness (QED) is 0.694. The highest BCUT2D eigenvalue weighted by molar-refractivity contribution is 5.84. The van der Waals surface area contributed by atoms with Crippen molar-refractivity contribution in [3.8, 4) is 11.6 Å². The van der Waals surface area contributed by atoms with Crippen LogP contribution in [0.1, 0.15) is 0 Å². The SMILES string of the molecule is COc1ccc(-n2c(=O)[nH]c3c(N4CCNCC4)ncnc32)cn1. The van der Waals surface area contributed by atoms with Crippen LogP contribution < -0.4 is 20.6 Å². The lowest BCUT2D eigenvalue weighted by atomic mass is 10.3. The van der Waals surface area contributed by atoms with E-state index in [4.69, 9.17) is 4.74 Å². The molecule has 1 fully saturated rings. The Kier molecular flexibility index (Phi) is 3.62. The number of rotatable bonds is 3. The van der Waals surface area contributed by atoms with Crippen LogP contribution in [0, 0.1) is 0 Å². The molecule has 0 aliphatic carbocycles. The number of nitrogens with zero attached hydrogens (tertiary/aromatic N) is 5. The predicted octanol–water partition coefficient (Wildman–Crippen LogP) is -0.0780. The Bertz CT molecular complexity index is 910. The van der Waals surface area contributed by atoms with Gasteiger partial charge in [0.2, 0.25) is 5.88 Å². The van der Waals surface area contributed by atoms with Crippen LogP contribution >= 0.6 is 0 Å². The third-order valence-corrected chi connectivity index (χ3v) is 4.06. The van der Waals surface area contributed by atoms with E-state index in [1.807, 2.05) is 0 Å². The summed E-state index contributed by atoms with van der Waals surface area (Å²) in [5.41, 5.74) is 1.53. The maximum Gasteiger partial charge on any atom is 0.332 e. The number of pyridine rings is 1. The van der Waals surface area contributed by atoms with Gasteiger partial charge in [0, 0.05) is 32.2 Å². The van der Waals surface area contributed by atoms with Gasteiger partial charge < -0.3 is 19.9 Å². The van der Waals surface area contributed by atoms with Gasteiger partial charge in [0.15, 0.2) is 11.5 Å². The molecule has 4 rings (SSSR count). The Hall–Kier alpha value is -2.94. The molecule has 4 heterocycles. The number of aromatic nitrogens is 5. The summed E-state index contributed by atoms with van der Waals surface area (Å²) in [5, 5.41) is 3.30. The Balaban J connectivity index is 1.84. The van der Waals surface area contributed by atoms with Crippen molar-refractivity contribution in [2.24, 2.45) is 0 Å². The van der Waals surface area contributed by atoms with Crippen molar-refractivity contribution in [3.05, 3.63) is 35.1 Å². The van der Waals surface area contributed by atoms with E-state index in [0.717, 1.165) is 32.0 Å². The van der Waals surface area contributed by atoms with Crippen LogP contribution in [-0.4, -0.2) is 57.8 Å². The van der Waals surface area contributed by atoms with E-state index in [1.54, 1.807) is 25.4 Å². The summed E-state index contributed by atoms with van der Waals surface area (Å²) >= 11 is 0. The van der Waals surface area contributed by atoms with Crippen molar-refractivity contribution < 1.29 is 4.74 Å². The Morgan fingerprint density at radius 2 is 2.00 bits per heavy atom. The Labute approximate surface area is 137 Å². The number of piperazine rings is 1. The second-order valence-electron chi connectivity index (χ2n) is 5.46. The average Bonchev–Trinajstić information content (AvgIpc) is 2.98. The second-order valence-corrected chi connectivity index (χ2v) is 5.46. The minimum Gasteiger partial charge on any atom is -0.481 e. The first kappa shape index (κ1) is 14.6. The van der Waals surface area contributed by atoms with Crippen LogP contribution in [-0.2, 0) is 0 Å². The molecule has 1 aliphatic heterocycles. The molecular weight excluding hydrogens is 310 g/mol. The summed E-state index contributed by atoms with van der Waals surface area (Å²) in [5.74, 6) is 1.24. The molecule has 3 aromatic rings. The van der Waals surface area contributed by atoms with Crippen molar-refractivity contribution in [2.75, 3.05) is 38.2 Å². The molecule has 0 atom stereocenters. The smallest absolute Gasteiger partial charge is 0.332 e. The molecule has 3 aromatic heterocycles. The number of hydrogen-bond donors (Lipinski definition) is 2. The standard InChI is InChI=1S/C15H17N7O2/c1-24-11-3-2-10(8-17-11)22-14-12(20-15(22)23)13(18-9-19-14)21-6-4-16-5-7-21/h2-3,8-9,16H,4-7H2,1H3,(H,20,23). The lowest BCUT2D eigenvalue weighted by Gasteiger charge is -2.28. The molecule has 0 radical (unpaired) electrons. The van der Waals surface area contributed by atoms with Crippen molar-refractivity contribution >= 4 is 17.0 Å². The molecule has 124 valence electrons. The van der Waals surface area contributed by atoms with E-state index in [1.165, 1.54) is 10.9 Å². The van der Waals surface area contributed by atoms with Gasteiger partial charge in [0.05, 0.1) is 19.0 Å². The summed E-state index contributed by atoms with van der Waals surface area (Å²) < 4.78 is 6.55. The highest BCUT2D eigenvalue weighted by atomic mass is 16.5. The summed E-state index contributed by atoms with van der Waals surface area (Å²) in [6.07, 6.45) is 3.07. The summed E-state index contributed by atoms with van der Waals surface area (Å²) in [7, 11) is 1.55. The Morgan fingerprint density at radius 3 is 2.71 bits per heavy atom. The van der Waals surface area contributed by atoms with E-state index < -0.39 is 0 Å². The fourth-order valence-electron chi connectivity index (χ4n) is 2.89. The van der Waals surface area contributed by atoms with E-state index in [2.05, 4.69) is 30.2 Å². The molecule has 0 bridgehead atoms. The van der Waals surface area contributed by atoms with Crippen molar-refractivity contribution in [1.82, 2.24) is 29.8 Å². The van der Waals surface area contributed by atoms with Gasteiger partial charge in [-0.25, -0.2) is 24.3 Å². The average molecular weight is 327 g/mol.